The first kappa shape index (κ1) is 88.0. The number of carbonyl (C=O) groups is 11. The maximum Gasteiger partial charge on any atom is 0.409 e. The number of allylic oxidation sites excluding steroid dienone is 6. The molecule has 8 bridgehead atoms. The molecule has 1 aliphatic carbocycles. The van der Waals surface area contributed by atoms with Gasteiger partial charge in [0.2, 0.25) is 35.4 Å². The minimum absolute atomic E-state index is 0.00123. The van der Waals surface area contributed by atoms with Gasteiger partial charge in [-0.1, -0.05) is 115 Å². The summed E-state index contributed by atoms with van der Waals surface area (Å²) in [5.74, 6) is -6.01. The molecule has 10 rings (SSSR count). The quantitative estimate of drug-likeness (QED) is 0.0495. The van der Waals surface area contributed by atoms with Crippen LogP contribution >= 0.6 is 46.7 Å². The van der Waals surface area contributed by atoms with E-state index in [1.54, 1.807) is 60.9 Å². The Labute approximate surface area is 679 Å². The lowest BCUT2D eigenvalue weighted by Gasteiger charge is -2.42. The summed E-state index contributed by atoms with van der Waals surface area (Å²) in [6.45, 7) is 19.5. The van der Waals surface area contributed by atoms with Crippen molar-refractivity contribution in [2.75, 3.05) is 63.2 Å². The van der Waals surface area contributed by atoms with Gasteiger partial charge in [-0.05, 0) is 134 Å². The zero-order chi connectivity index (χ0) is 82.8. The second kappa shape index (κ2) is 36.0. The second-order valence-corrected chi connectivity index (χ2v) is 35.6. The van der Waals surface area contributed by atoms with Crippen molar-refractivity contribution in [2.24, 2.45) is 29.6 Å². The van der Waals surface area contributed by atoms with Gasteiger partial charge in [0.05, 0.1) is 51.7 Å². The highest BCUT2D eigenvalue weighted by Gasteiger charge is 2.66. The predicted molar refractivity (Wildman–Crippen MR) is 426 cm³/mol. The molecule has 2 aromatic carbocycles. The highest BCUT2D eigenvalue weighted by Crippen LogP contribution is 2.52. The van der Waals surface area contributed by atoms with E-state index in [0.29, 0.717) is 59.9 Å². The van der Waals surface area contributed by atoms with Gasteiger partial charge in [0.1, 0.15) is 59.5 Å². The van der Waals surface area contributed by atoms with Crippen molar-refractivity contribution in [3.8, 4) is 0 Å². The number of nitrogens with zero attached hydrogens (tertiary/aromatic N) is 5. The molecule has 8 amide bonds. The predicted octanol–water partition coefficient (Wildman–Crippen LogP) is 9.97. The van der Waals surface area contributed by atoms with E-state index in [-0.39, 0.29) is 91.8 Å². The van der Waals surface area contributed by atoms with Crippen LogP contribution in [0, 0.1) is 43.4 Å². The topological polar surface area (TPSA) is 340 Å². The third-order valence-electron chi connectivity index (χ3n) is 24.2. The summed E-state index contributed by atoms with van der Waals surface area (Å²) in [6.07, 6.45) is 4.43. The van der Waals surface area contributed by atoms with Gasteiger partial charge in [-0.25, -0.2) is 19.2 Å². The maximum atomic E-state index is 14.5. The number of benzene rings is 2. The average molecular weight is 1650 g/mol. The number of methoxy groups -OCH3 is 1. The number of aryl methyl sites for hydroxylation is 2. The highest BCUT2D eigenvalue weighted by molar-refractivity contribution is 8.13. The van der Waals surface area contributed by atoms with E-state index in [4.69, 9.17) is 56.4 Å². The number of amides is 8. The Morgan fingerprint density at radius 3 is 1.58 bits per heavy atom. The average Bonchev–Trinajstić information content (AvgIpc) is 1.58. The lowest BCUT2D eigenvalue weighted by Crippen LogP contribution is -2.63. The van der Waals surface area contributed by atoms with Gasteiger partial charge in [-0.15, -0.1) is 11.8 Å². The summed E-state index contributed by atoms with van der Waals surface area (Å²) in [4.78, 5) is 159. The third-order valence-corrected chi connectivity index (χ3v) is 27.4. The molecule has 7 heterocycles. The molecule has 7 aliphatic heterocycles. The molecule has 6 fully saturated rings. The number of thioether (sulfide) groups is 2. The minimum atomic E-state index is -1.89. The molecule has 2 aromatic rings. The van der Waals surface area contributed by atoms with Gasteiger partial charge >= 0.3 is 24.1 Å². The Bertz CT molecular complexity index is 4170. The number of alkyl carbamates (subject to hydrolysis) is 2. The molecule has 17 unspecified atom stereocenters. The first-order chi connectivity index (χ1) is 53.1. The van der Waals surface area contributed by atoms with Gasteiger partial charge in [0, 0.05) is 109 Å². The van der Waals surface area contributed by atoms with Gasteiger partial charge < -0.3 is 63.0 Å². The Morgan fingerprint density at radius 2 is 1.10 bits per heavy atom. The van der Waals surface area contributed by atoms with Crippen LogP contribution in [0.3, 0.4) is 0 Å². The standard InChI is InChI=1S/C82H109Cl2N7O20S2/c1-43-19-17-21-47(5)81(103)40-58(106-77(101)85-81)48(6)71-79(10,110-71)62(38-66(94)89(14)56-35-53(31-43)33-45(3)69(56)83)108-74(98)50(8)87(12)64(92)27-29-112-60-37-68(96)91(73(60)97)42-52-23-25-55(26-24-52)76(100)113-30-28-65(93)88(13)51(9)75(99)109-63-39-67(95)90(15)57-36-54(34-46(4)70(57)84)32-44(2)20-18-22-61(105-16)82(104)41-59(107-78(102)86-82)49(7)72-80(63,11)111-72/h17-22,33-36,47-52,55,58-63,71-72,103-104H,23-32,37-42H2,1-16H3,(H,85,101)(H,86,102)/b21-17+,22-18+,43-19+,44-20+. The number of hydrogen-bond donors (Lipinski definition) is 4. The fraction of sp³-hybridized carbons (Fsp3) is 0.622. The first-order valence-corrected chi connectivity index (χ1v) is 41.5. The Kier molecular flexibility index (Phi) is 28.1. The van der Waals surface area contributed by atoms with Gasteiger partial charge in [0.15, 0.2) is 10.8 Å². The van der Waals surface area contributed by atoms with Gasteiger partial charge in [-0.3, -0.25) is 49.1 Å². The van der Waals surface area contributed by atoms with E-state index in [1.807, 2.05) is 76.3 Å². The fourth-order valence-electron chi connectivity index (χ4n) is 16.2. The molecule has 8 aliphatic rings. The Balaban J connectivity index is 0.686. The zero-order valence-corrected chi connectivity index (χ0v) is 70.4. The number of hydrogen-bond acceptors (Lipinski definition) is 22. The van der Waals surface area contributed by atoms with Crippen molar-refractivity contribution in [3.05, 3.63) is 104 Å². The van der Waals surface area contributed by atoms with Crippen LogP contribution in [0.25, 0.3) is 0 Å². The Morgan fingerprint density at radius 1 is 0.646 bits per heavy atom. The third kappa shape index (κ3) is 20.0. The molecule has 31 heteroatoms. The summed E-state index contributed by atoms with van der Waals surface area (Å²) in [5.41, 5.74) is -0.204. The number of aliphatic hydroxyl groups is 2. The van der Waals surface area contributed by atoms with Crippen molar-refractivity contribution in [1.82, 2.24) is 25.3 Å². The van der Waals surface area contributed by atoms with Crippen LogP contribution in [0.4, 0.5) is 21.0 Å². The number of fused-ring (bicyclic) bond motifs is 10. The van der Waals surface area contributed by atoms with Crippen LogP contribution in [0.15, 0.2) is 71.9 Å². The maximum absolute atomic E-state index is 14.5. The second-order valence-electron chi connectivity index (χ2n) is 32.5. The number of halogens is 2. The molecule has 1 saturated carbocycles. The van der Waals surface area contributed by atoms with Crippen molar-refractivity contribution >= 4 is 123 Å². The van der Waals surface area contributed by atoms with E-state index < -0.39 is 148 Å². The minimum Gasteiger partial charge on any atom is -0.457 e. The molecule has 0 spiro atoms. The number of likely N-dealkylation sites (tertiary alicyclic amines) is 1. The number of likely N-dealkylation sites (N-methyl/N-ethyl adjacent to an activating group) is 2. The lowest BCUT2D eigenvalue weighted by molar-refractivity contribution is -0.162. The van der Waals surface area contributed by atoms with Crippen LogP contribution in [0.1, 0.15) is 155 Å². The van der Waals surface area contributed by atoms with Crippen LogP contribution in [0.2, 0.25) is 10.0 Å². The largest absolute Gasteiger partial charge is 0.457 e. The van der Waals surface area contributed by atoms with Crippen molar-refractivity contribution < 1.29 is 96.1 Å². The fourth-order valence-corrected chi connectivity index (χ4v) is 18.8. The number of esters is 2. The van der Waals surface area contributed by atoms with Gasteiger partial charge in [0.25, 0.3) is 0 Å². The Hall–Kier alpha value is -7.35. The number of anilines is 2. The van der Waals surface area contributed by atoms with Crippen LogP contribution < -0.4 is 20.4 Å². The number of imide groups is 1. The van der Waals surface area contributed by atoms with Crippen molar-refractivity contribution in [1.29, 1.82) is 0 Å². The molecule has 5 saturated heterocycles. The first-order valence-electron chi connectivity index (χ1n) is 38.7. The smallest absolute Gasteiger partial charge is 0.409 e. The number of ether oxygens (including phenoxy) is 7. The lowest BCUT2D eigenvalue weighted by atomic mass is 9.82. The molecule has 27 nitrogen and oxygen atoms in total. The van der Waals surface area contributed by atoms with E-state index in [2.05, 4.69) is 10.6 Å². The number of nitrogens with one attached hydrogen (secondary N) is 2. The normalized spacial score (nSPS) is 33.7. The SMILES string of the molecule is COC1/C=C/C=C(\C)Cc2cc(C)c(Cl)c(c2)N(C)C(=O)CC(OC(=O)C(C)N(C)C(=O)CCSC(=O)C2CCC(CN3C(=O)CC(SCCC(=O)N(C)C(C)C(=O)OC4CC(=O)N(C)c5cc(cc(C)c5Cl)C/C(C)=C/C=C/C(C)C5(O)CC(OC(=O)N5)C(C)C5OC45C)C3=O)CC2)C2(C)OC2C(C)C2CC1(O)NC(=O)O2. The van der Waals surface area contributed by atoms with E-state index >= 15 is 0 Å². The summed E-state index contributed by atoms with van der Waals surface area (Å²) < 4.78 is 42.3. The van der Waals surface area contributed by atoms with E-state index in [9.17, 15) is 63.0 Å². The summed E-state index contributed by atoms with van der Waals surface area (Å²) in [5, 5.41) is 28.8. The number of carbonyl (C=O) groups excluding carboxylic acids is 11. The molecule has 17 atom stereocenters. The number of rotatable bonds is 17. The summed E-state index contributed by atoms with van der Waals surface area (Å²) >= 11 is 16.0. The zero-order valence-electron chi connectivity index (χ0n) is 67.3. The molecule has 0 radical (unpaired) electrons. The van der Waals surface area contributed by atoms with Crippen LogP contribution in [0.5, 0.6) is 0 Å². The van der Waals surface area contributed by atoms with Crippen molar-refractivity contribution in [2.45, 2.75) is 242 Å². The molecule has 0 aromatic heterocycles. The van der Waals surface area contributed by atoms with Gasteiger partial charge in [-0.2, -0.15) is 0 Å². The molecular weight excluding hydrogens is 1540 g/mol. The highest BCUT2D eigenvalue weighted by atomic mass is 35.5. The summed E-state index contributed by atoms with van der Waals surface area (Å²) in [6, 6.07) is 5.20. The molecule has 618 valence electrons. The van der Waals surface area contributed by atoms with Crippen molar-refractivity contribution in [3.63, 3.8) is 0 Å². The van der Waals surface area contributed by atoms with Crippen LogP contribution in [-0.4, -0.2) is 226 Å². The number of epoxide rings is 2. The van der Waals surface area contributed by atoms with E-state index in [1.165, 1.54) is 71.3 Å². The molecular formula is C82H109Cl2N7O20S2. The van der Waals surface area contributed by atoms with Crippen LogP contribution in [-0.2, 0) is 89.2 Å². The summed E-state index contributed by atoms with van der Waals surface area (Å²) in [7, 11) is 7.48. The molecule has 113 heavy (non-hydrogen) atoms. The molecule has 4 N–H and O–H groups in total. The van der Waals surface area contributed by atoms with E-state index in [0.717, 1.165) is 45.2 Å². The monoisotopic (exact) mass is 1650 g/mol.